The number of hydrogen-bond donors (Lipinski definition) is 0. The van der Waals surface area contributed by atoms with E-state index in [1.807, 2.05) is 12.1 Å². The summed E-state index contributed by atoms with van der Waals surface area (Å²) in [6, 6.07) is 10.1. The summed E-state index contributed by atoms with van der Waals surface area (Å²) in [5, 5.41) is 0.733. The second-order valence-electron chi connectivity index (χ2n) is 4.76. The lowest BCUT2D eigenvalue weighted by Crippen LogP contribution is -1.93. The molecule has 0 atom stereocenters. The van der Waals surface area contributed by atoms with E-state index in [0.29, 0.717) is 6.61 Å². The van der Waals surface area contributed by atoms with Crippen LogP contribution in [0.25, 0.3) is 0 Å². The molecule has 0 N–H and O–H groups in total. The summed E-state index contributed by atoms with van der Waals surface area (Å²) < 4.78 is 11.9. The third-order valence-electron chi connectivity index (χ3n) is 3.50. The van der Waals surface area contributed by atoms with Crippen LogP contribution in [0.1, 0.15) is 16.7 Å². The van der Waals surface area contributed by atoms with Crippen LogP contribution < -0.4 is 9.47 Å². The lowest BCUT2D eigenvalue weighted by molar-refractivity contribution is 0.356. The van der Waals surface area contributed by atoms with Gasteiger partial charge in [-0.15, -0.1) is 0 Å². The van der Waals surface area contributed by atoms with Crippen molar-refractivity contribution in [1.29, 1.82) is 0 Å². The third-order valence-corrected chi connectivity index (χ3v) is 4.62. The number of halogens is 2. The summed E-state index contributed by atoms with van der Waals surface area (Å²) >= 11 is 10.1. The number of methoxy groups -OCH3 is 1. The largest absolute Gasteiger partial charge is 0.497 e. The van der Waals surface area contributed by atoms with Gasteiger partial charge in [0.25, 0.3) is 0 Å². The quantitative estimate of drug-likeness (QED) is 0.800. The van der Waals surface area contributed by atoms with Gasteiger partial charge in [-0.1, -0.05) is 39.7 Å². The van der Waals surface area contributed by atoms with Gasteiger partial charge in [0.05, 0.1) is 18.7 Å². The van der Waals surface area contributed by atoms with Crippen molar-refractivity contribution in [2.24, 2.45) is 0 Å². The van der Waals surface area contributed by atoms with Crippen LogP contribution in [0.5, 0.6) is 11.5 Å². The summed E-state index contributed by atoms with van der Waals surface area (Å²) in [7, 11) is 1.67. The van der Waals surface area contributed by atoms with E-state index in [4.69, 9.17) is 21.1 Å². The first-order valence-corrected chi connectivity index (χ1v) is 7.61. The van der Waals surface area contributed by atoms with E-state index >= 15 is 0 Å². The van der Waals surface area contributed by atoms with Crippen LogP contribution >= 0.6 is 27.5 Å². The zero-order valence-electron chi connectivity index (χ0n) is 11.1. The molecule has 1 aliphatic heterocycles. The summed E-state index contributed by atoms with van der Waals surface area (Å²) in [5.41, 5.74) is 3.44. The predicted octanol–water partition coefficient (Wildman–Crippen LogP) is 4.64. The minimum absolute atomic E-state index is 0.708. The average molecular weight is 354 g/mol. The van der Waals surface area contributed by atoms with Gasteiger partial charge in [-0.25, -0.2) is 0 Å². The Morgan fingerprint density at radius 2 is 2.05 bits per heavy atom. The Bertz CT molecular complexity index is 638. The van der Waals surface area contributed by atoms with Gasteiger partial charge in [0.1, 0.15) is 11.5 Å². The van der Waals surface area contributed by atoms with Gasteiger partial charge >= 0.3 is 0 Å². The highest BCUT2D eigenvalue weighted by molar-refractivity contribution is 9.10. The molecule has 1 aliphatic rings. The number of rotatable bonds is 3. The summed E-state index contributed by atoms with van der Waals surface area (Å²) in [6.45, 7) is 0.708. The number of fused-ring (bicyclic) bond motifs is 1. The van der Waals surface area contributed by atoms with Gasteiger partial charge in [-0.3, -0.25) is 0 Å². The van der Waals surface area contributed by atoms with E-state index in [1.54, 1.807) is 7.11 Å². The third kappa shape index (κ3) is 2.52. The fraction of sp³-hybridized carbons (Fsp3) is 0.250. The first kappa shape index (κ1) is 13.8. The second kappa shape index (κ2) is 5.66. The summed E-state index contributed by atoms with van der Waals surface area (Å²) in [5.74, 6) is 1.70. The van der Waals surface area contributed by atoms with E-state index in [-0.39, 0.29) is 0 Å². The Morgan fingerprint density at radius 1 is 1.30 bits per heavy atom. The highest BCUT2D eigenvalue weighted by atomic mass is 79.9. The molecule has 2 aromatic carbocycles. The first-order chi connectivity index (χ1) is 9.69. The van der Waals surface area contributed by atoms with Gasteiger partial charge in [-0.05, 0) is 35.7 Å². The molecule has 1 heterocycles. The lowest BCUT2D eigenvalue weighted by atomic mass is 10.0. The molecule has 0 radical (unpaired) electrons. The van der Waals surface area contributed by atoms with Crippen LogP contribution in [0.4, 0.5) is 0 Å². The highest BCUT2D eigenvalue weighted by Gasteiger charge is 2.21. The molecule has 0 unspecified atom stereocenters. The van der Waals surface area contributed by atoms with Crippen LogP contribution in [-0.4, -0.2) is 13.7 Å². The Hall–Kier alpha value is -1.19. The van der Waals surface area contributed by atoms with Crippen molar-refractivity contribution in [2.75, 3.05) is 13.7 Å². The number of benzene rings is 2. The molecule has 20 heavy (non-hydrogen) atoms. The van der Waals surface area contributed by atoms with Crippen molar-refractivity contribution in [2.45, 2.75) is 12.8 Å². The van der Waals surface area contributed by atoms with Gasteiger partial charge in [0, 0.05) is 16.5 Å². The van der Waals surface area contributed by atoms with Crippen molar-refractivity contribution in [3.05, 3.63) is 56.5 Å². The molecule has 2 aromatic rings. The molecule has 3 rings (SSSR count). The molecular formula is C16H14BrClO2. The molecule has 104 valence electrons. The fourth-order valence-corrected chi connectivity index (χ4v) is 3.37. The molecule has 0 aliphatic carbocycles. The van der Waals surface area contributed by atoms with E-state index in [0.717, 1.165) is 39.4 Å². The monoisotopic (exact) mass is 352 g/mol. The minimum Gasteiger partial charge on any atom is -0.497 e. The van der Waals surface area contributed by atoms with Crippen LogP contribution in [0.2, 0.25) is 5.02 Å². The summed E-state index contributed by atoms with van der Waals surface area (Å²) in [6.07, 6.45) is 1.69. The Labute approximate surface area is 131 Å². The van der Waals surface area contributed by atoms with Crippen LogP contribution in [-0.2, 0) is 12.8 Å². The second-order valence-corrected chi connectivity index (χ2v) is 5.99. The standard InChI is InChI=1S/C16H14BrClO2/c1-19-12-4-2-10(3-5-12)8-11-9-14(17)13-6-7-20-16(13)15(11)18/h2-5,9H,6-8H2,1H3. The van der Waals surface area contributed by atoms with E-state index in [2.05, 4.69) is 34.1 Å². The van der Waals surface area contributed by atoms with E-state index in [1.165, 1.54) is 11.1 Å². The van der Waals surface area contributed by atoms with Crippen LogP contribution in [0.3, 0.4) is 0 Å². The molecule has 2 nitrogen and oxygen atoms in total. The predicted molar refractivity (Wildman–Crippen MR) is 84.2 cm³/mol. The molecule has 0 aromatic heterocycles. The van der Waals surface area contributed by atoms with Crippen LogP contribution in [0.15, 0.2) is 34.8 Å². The molecule has 0 saturated carbocycles. The molecule has 0 fully saturated rings. The van der Waals surface area contributed by atoms with Crippen molar-refractivity contribution in [3.8, 4) is 11.5 Å². The average Bonchev–Trinajstić information content (AvgIpc) is 2.95. The molecule has 0 amide bonds. The number of ether oxygens (including phenoxy) is 2. The lowest BCUT2D eigenvalue weighted by Gasteiger charge is -2.11. The molecule has 4 heteroatoms. The van der Waals surface area contributed by atoms with Crippen molar-refractivity contribution >= 4 is 27.5 Å². The Balaban J connectivity index is 1.92. The SMILES string of the molecule is COc1ccc(Cc2cc(Br)c3c(c2Cl)OCC3)cc1. The van der Waals surface area contributed by atoms with Gasteiger partial charge in [-0.2, -0.15) is 0 Å². The van der Waals surface area contributed by atoms with Crippen molar-refractivity contribution in [1.82, 2.24) is 0 Å². The van der Waals surface area contributed by atoms with E-state index < -0.39 is 0 Å². The molecule has 0 spiro atoms. The van der Waals surface area contributed by atoms with Crippen LogP contribution in [0, 0.1) is 0 Å². The van der Waals surface area contributed by atoms with Gasteiger partial charge in [0.2, 0.25) is 0 Å². The fourth-order valence-electron chi connectivity index (χ4n) is 2.42. The minimum atomic E-state index is 0.708. The Morgan fingerprint density at radius 3 is 2.75 bits per heavy atom. The normalized spacial score (nSPS) is 12.9. The maximum absolute atomic E-state index is 6.46. The van der Waals surface area contributed by atoms with E-state index in [9.17, 15) is 0 Å². The smallest absolute Gasteiger partial charge is 0.142 e. The van der Waals surface area contributed by atoms with Crippen molar-refractivity contribution < 1.29 is 9.47 Å². The zero-order valence-corrected chi connectivity index (χ0v) is 13.4. The molecule has 0 bridgehead atoms. The first-order valence-electron chi connectivity index (χ1n) is 6.44. The Kier molecular flexibility index (Phi) is 3.90. The highest BCUT2D eigenvalue weighted by Crippen LogP contribution is 2.41. The maximum Gasteiger partial charge on any atom is 0.142 e. The van der Waals surface area contributed by atoms with Gasteiger partial charge < -0.3 is 9.47 Å². The molecule has 0 saturated heterocycles. The summed E-state index contributed by atoms with van der Waals surface area (Å²) in [4.78, 5) is 0. The number of hydrogen-bond acceptors (Lipinski definition) is 2. The maximum atomic E-state index is 6.46. The zero-order chi connectivity index (χ0) is 14.1. The van der Waals surface area contributed by atoms with Gasteiger partial charge in [0.15, 0.2) is 0 Å². The topological polar surface area (TPSA) is 18.5 Å². The van der Waals surface area contributed by atoms with Crippen molar-refractivity contribution in [3.63, 3.8) is 0 Å². The molecular weight excluding hydrogens is 340 g/mol.